The van der Waals surface area contributed by atoms with E-state index >= 15 is 0 Å². The first-order valence-corrected chi connectivity index (χ1v) is 2.98. The molecule has 44 valence electrons. The summed E-state index contributed by atoms with van der Waals surface area (Å²) in [5, 5.41) is 0.866. The summed E-state index contributed by atoms with van der Waals surface area (Å²) in [6, 6.07) is 0. The van der Waals surface area contributed by atoms with Gasteiger partial charge in [-0.3, -0.25) is 0 Å². The summed E-state index contributed by atoms with van der Waals surface area (Å²) >= 11 is 5.65. The Balaban J connectivity index is 2.69. The Bertz CT molecular complexity index is 147. The topological polar surface area (TPSA) is 26.0 Å². The highest BCUT2D eigenvalue weighted by Crippen LogP contribution is 2.16. The predicted octanol–water partition coefficient (Wildman–Crippen LogP) is 1.75. The van der Waals surface area contributed by atoms with E-state index in [9.17, 15) is 0 Å². The lowest BCUT2D eigenvalue weighted by atomic mass is 10.1. The maximum Gasteiger partial charge on any atom is 0.0285 e. The van der Waals surface area contributed by atoms with E-state index in [0.29, 0.717) is 0 Å². The molecule has 0 unspecified atom stereocenters. The van der Waals surface area contributed by atoms with Crippen molar-refractivity contribution >= 4 is 11.6 Å². The third-order valence-electron chi connectivity index (χ3n) is 1.09. The second kappa shape index (κ2) is 2.23. The molecule has 1 rings (SSSR count). The molecule has 0 spiro atoms. The summed E-state index contributed by atoms with van der Waals surface area (Å²) in [7, 11) is 0. The van der Waals surface area contributed by atoms with Gasteiger partial charge in [-0.15, -0.1) is 0 Å². The largest absolute Gasteiger partial charge is 0.399 e. The van der Waals surface area contributed by atoms with Crippen molar-refractivity contribution in [2.24, 2.45) is 5.73 Å². The summed E-state index contributed by atoms with van der Waals surface area (Å²) in [6.45, 7) is 0. The summed E-state index contributed by atoms with van der Waals surface area (Å²) in [5.41, 5.74) is 6.22. The zero-order chi connectivity index (χ0) is 5.98. The van der Waals surface area contributed by atoms with Gasteiger partial charge in [0.1, 0.15) is 0 Å². The Labute approximate surface area is 53.8 Å². The monoisotopic (exact) mass is 129 g/mol. The zero-order valence-corrected chi connectivity index (χ0v) is 5.28. The molecule has 0 aromatic carbocycles. The number of nitrogens with two attached hydrogens (primary N) is 1. The standard InChI is InChI=1S/C6H8ClN/c7-5-2-1-3-6(8)4-5/h3-4H,1-2,8H2. The van der Waals surface area contributed by atoms with Crippen LogP contribution in [0.3, 0.4) is 0 Å². The van der Waals surface area contributed by atoms with Crippen molar-refractivity contribution in [2.75, 3.05) is 0 Å². The van der Waals surface area contributed by atoms with Crippen molar-refractivity contribution in [3.05, 3.63) is 22.9 Å². The van der Waals surface area contributed by atoms with E-state index in [1.165, 1.54) is 0 Å². The van der Waals surface area contributed by atoms with Crippen LogP contribution < -0.4 is 5.73 Å². The normalized spacial score (nSPS) is 19.6. The lowest BCUT2D eigenvalue weighted by Gasteiger charge is -2.02. The Morgan fingerprint density at radius 2 is 2.38 bits per heavy atom. The van der Waals surface area contributed by atoms with Crippen molar-refractivity contribution < 1.29 is 0 Å². The van der Waals surface area contributed by atoms with Crippen LogP contribution in [0.4, 0.5) is 0 Å². The van der Waals surface area contributed by atoms with E-state index in [1.54, 1.807) is 6.08 Å². The van der Waals surface area contributed by atoms with Gasteiger partial charge in [-0.25, -0.2) is 0 Å². The van der Waals surface area contributed by atoms with Crippen LogP contribution in [0.1, 0.15) is 12.8 Å². The molecule has 0 heterocycles. The van der Waals surface area contributed by atoms with Gasteiger partial charge in [-0.2, -0.15) is 0 Å². The second-order valence-electron chi connectivity index (χ2n) is 1.83. The lowest BCUT2D eigenvalue weighted by molar-refractivity contribution is 0.992. The molecule has 8 heavy (non-hydrogen) atoms. The third-order valence-corrected chi connectivity index (χ3v) is 1.38. The van der Waals surface area contributed by atoms with Crippen LogP contribution in [0.25, 0.3) is 0 Å². The fraction of sp³-hybridized carbons (Fsp3) is 0.333. The summed E-state index contributed by atoms with van der Waals surface area (Å²) in [6.07, 6.45) is 5.71. The predicted molar refractivity (Wildman–Crippen MR) is 35.4 cm³/mol. The number of allylic oxidation sites excluding steroid dienone is 3. The van der Waals surface area contributed by atoms with Gasteiger partial charge in [0.2, 0.25) is 0 Å². The quantitative estimate of drug-likeness (QED) is 0.530. The lowest BCUT2D eigenvalue weighted by Crippen LogP contribution is -1.96. The fourth-order valence-electron chi connectivity index (χ4n) is 0.689. The van der Waals surface area contributed by atoms with Crippen molar-refractivity contribution in [1.29, 1.82) is 0 Å². The van der Waals surface area contributed by atoms with Crippen molar-refractivity contribution in [3.8, 4) is 0 Å². The second-order valence-corrected chi connectivity index (χ2v) is 2.32. The van der Waals surface area contributed by atoms with Gasteiger partial charge in [0.15, 0.2) is 0 Å². The maximum absolute atomic E-state index is 5.65. The highest BCUT2D eigenvalue weighted by molar-refractivity contribution is 6.29. The molecule has 1 nitrogen and oxygen atoms in total. The van der Waals surface area contributed by atoms with Crippen molar-refractivity contribution in [2.45, 2.75) is 12.8 Å². The Morgan fingerprint density at radius 1 is 1.62 bits per heavy atom. The van der Waals surface area contributed by atoms with Crippen LogP contribution in [0.5, 0.6) is 0 Å². The first kappa shape index (κ1) is 5.70. The van der Waals surface area contributed by atoms with E-state index in [-0.39, 0.29) is 0 Å². The Morgan fingerprint density at radius 3 is 2.75 bits per heavy atom. The molecule has 0 atom stereocenters. The minimum absolute atomic E-state index is 0.793. The first-order chi connectivity index (χ1) is 3.79. The van der Waals surface area contributed by atoms with Crippen LogP contribution in [-0.4, -0.2) is 0 Å². The third kappa shape index (κ3) is 1.27. The molecule has 0 aliphatic heterocycles. The van der Waals surface area contributed by atoms with E-state index in [4.69, 9.17) is 17.3 Å². The molecule has 0 amide bonds. The van der Waals surface area contributed by atoms with Crippen LogP contribution >= 0.6 is 11.6 Å². The minimum atomic E-state index is 0.793. The van der Waals surface area contributed by atoms with Gasteiger partial charge in [-0.05, 0) is 18.9 Å². The number of hydrogen-bond donors (Lipinski definition) is 1. The summed E-state index contributed by atoms with van der Waals surface area (Å²) in [5.74, 6) is 0. The van der Waals surface area contributed by atoms with Crippen LogP contribution in [0, 0.1) is 0 Å². The molecular weight excluding hydrogens is 122 g/mol. The molecule has 0 saturated heterocycles. The van der Waals surface area contributed by atoms with E-state index in [0.717, 1.165) is 23.6 Å². The van der Waals surface area contributed by atoms with Crippen molar-refractivity contribution in [1.82, 2.24) is 0 Å². The Hall–Kier alpha value is -0.430. The molecule has 0 bridgehead atoms. The summed E-state index contributed by atoms with van der Waals surface area (Å²) < 4.78 is 0. The molecule has 0 saturated carbocycles. The number of hydrogen-bond acceptors (Lipinski definition) is 1. The summed E-state index contributed by atoms with van der Waals surface area (Å²) in [4.78, 5) is 0. The fourth-order valence-corrected chi connectivity index (χ4v) is 0.924. The smallest absolute Gasteiger partial charge is 0.0285 e. The van der Waals surface area contributed by atoms with E-state index < -0.39 is 0 Å². The molecule has 2 N–H and O–H groups in total. The maximum atomic E-state index is 5.65. The Kier molecular flexibility index (Phi) is 1.59. The zero-order valence-electron chi connectivity index (χ0n) is 4.52. The molecule has 0 fully saturated rings. The van der Waals surface area contributed by atoms with Gasteiger partial charge in [-0.1, -0.05) is 17.7 Å². The first-order valence-electron chi connectivity index (χ1n) is 2.61. The molecule has 2 heteroatoms. The molecule has 0 aromatic heterocycles. The molecular formula is C6H8ClN. The highest BCUT2D eigenvalue weighted by atomic mass is 35.5. The van der Waals surface area contributed by atoms with E-state index in [2.05, 4.69) is 0 Å². The molecule has 0 radical (unpaired) electrons. The van der Waals surface area contributed by atoms with Gasteiger partial charge in [0, 0.05) is 10.7 Å². The SMILES string of the molecule is NC1=CCCC(Cl)=C1. The van der Waals surface area contributed by atoms with Gasteiger partial charge in [0.05, 0.1) is 0 Å². The van der Waals surface area contributed by atoms with Gasteiger partial charge >= 0.3 is 0 Å². The molecule has 0 aromatic rings. The van der Waals surface area contributed by atoms with Crippen LogP contribution in [0.2, 0.25) is 0 Å². The number of halogens is 1. The van der Waals surface area contributed by atoms with Crippen molar-refractivity contribution in [3.63, 3.8) is 0 Å². The highest BCUT2D eigenvalue weighted by Gasteiger charge is 1.97. The molecule has 1 aliphatic carbocycles. The average Bonchev–Trinajstić information content (AvgIpc) is 1.64. The van der Waals surface area contributed by atoms with Crippen LogP contribution in [-0.2, 0) is 0 Å². The minimum Gasteiger partial charge on any atom is -0.399 e. The van der Waals surface area contributed by atoms with E-state index in [1.807, 2.05) is 6.08 Å². The average molecular weight is 130 g/mol. The van der Waals surface area contributed by atoms with Gasteiger partial charge < -0.3 is 5.73 Å². The van der Waals surface area contributed by atoms with Crippen LogP contribution in [0.15, 0.2) is 22.9 Å². The number of rotatable bonds is 0. The molecule has 1 aliphatic rings. The van der Waals surface area contributed by atoms with Gasteiger partial charge in [0.25, 0.3) is 0 Å².